The summed E-state index contributed by atoms with van der Waals surface area (Å²) in [6.07, 6.45) is 5.45. The van der Waals surface area contributed by atoms with Gasteiger partial charge in [-0.05, 0) is 24.1 Å². The lowest BCUT2D eigenvalue weighted by Crippen LogP contribution is -2.24. The fraction of sp³-hybridized carbons (Fsp3) is 0.120. The number of pyridine rings is 1. The molecule has 32 heavy (non-hydrogen) atoms. The summed E-state index contributed by atoms with van der Waals surface area (Å²) in [6.45, 7) is 2.90. The number of carbonyl (C=O) groups excluding carboxylic acids is 1. The van der Waals surface area contributed by atoms with Gasteiger partial charge in [0.25, 0.3) is 11.6 Å². The average molecular weight is 423 g/mol. The highest BCUT2D eigenvalue weighted by molar-refractivity contribution is 6.06. The van der Waals surface area contributed by atoms with E-state index in [-0.39, 0.29) is 5.91 Å². The highest BCUT2D eigenvalue weighted by atomic mass is 16.5. The van der Waals surface area contributed by atoms with Crippen molar-refractivity contribution in [3.63, 3.8) is 0 Å². The molecule has 5 aromatic rings. The zero-order chi connectivity index (χ0) is 21.9. The van der Waals surface area contributed by atoms with E-state index in [1.165, 1.54) is 0 Å². The van der Waals surface area contributed by atoms with Gasteiger partial charge >= 0.3 is 0 Å². The largest absolute Gasteiger partial charge is 0.348 e. The second kappa shape index (κ2) is 8.47. The van der Waals surface area contributed by atoms with E-state index in [1.807, 2.05) is 66.2 Å². The van der Waals surface area contributed by atoms with E-state index in [0.717, 1.165) is 16.7 Å². The van der Waals surface area contributed by atoms with Crippen LogP contribution in [0, 0.1) is 6.92 Å². The standard InChI is InChI=1S/C25H21N5O2/c1-17-23-21(13-22(28-25(23)32-29-17)18-7-3-2-4-8-18)24(31)27-14-19-9-5-6-10-20(19)15-30-12-11-26-16-30/h2-13,16H,14-15H2,1H3,(H,27,31). The average Bonchev–Trinajstić information content (AvgIpc) is 3.48. The number of carbonyl (C=O) groups is 1. The molecule has 1 amide bonds. The molecule has 0 radical (unpaired) electrons. The van der Waals surface area contributed by atoms with Gasteiger partial charge in [-0.15, -0.1) is 0 Å². The molecule has 0 aliphatic heterocycles. The lowest BCUT2D eigenvalue weighted by Gasteiger charge is -2.12. The Kier molecular flexibility index (Phi) is 5.21. The van der Waals surface area contributed by atoms with Crippen molar-refractivity contribution in [2.24, 2.45) is 0 Å². The number of amides is 1. The molecule has 0 atom stereocenters. The first kappa shape index (κ1) is 19.7. The Morgan fingerprint density at radius 3 is 2.62 bits per heavy atom. The van der Waals surface area contributed by atoms with Gasteiger partial charge in [0.05, 0.1) is 28.7 Å². The van der Waals surface area contributed by atoms with Crippen LogP contribution in [0.1, 0.15) is 27.2 Å². The van der Waals surface area contributed by atoms with Crippen LogP contribution in [-0.2, 0) is 13.1 Å². The molecule has 0 aliphatic rings. The summed E-state index contributed by atoms with van der Waals surface area (Å²) in [5.41, 5.74) is 5.23. The molecule has 0 unspecified atom stereocenters. The Labute approximate surface area is 184 Å². The van der Waals surface area contributed by atoms with E-state index < -0.39 is 0 Å². The SMILES string of the molecule is Cc1noc2nc(-c3ccccc3)cc(C(=O)NCc3ccccc3Cn3ccnc3)c12. The monoisotopic (exact) mass is 423 g/mol. The summed E-state index contributed by atoms with van der Waals surface area (Å²) < 4.78 is 7.39. The van der Waals surface area contributed by atoms with Crippen molar-refractivity contribution in [3.8, 4) is 11.3 Å². The number of rotatable bonds is 6. The smallest absolute Gasteiger partial charge is 0.259 e. The van der Waals surface area contributed by atoms with Gasteiger partial charge < -0.3 is 14.4 Å². The van der Waals surface area contributed by atoms with Gasteiger partial charge in [0.2, 0.25) is 0 Å². The summed E-state index contributed by atoms with van der Waals surface area (Å²) in [4.78, 5) is 21.9. The first-order valence-corrected chi connectivity index (χ1v) is 10.3. The van der Waals surface area contributed by atoms with E-state index in [2.05, 4.69) is 26.5 Å². The number of aryl methyl sites for hydroxylation is 1. The van der Waals surface area contributed by atoms with Crippen LogP contribution in [-0.4, -0.2) is 25.6 Å². The first-order valence-electron chi connectivity index (χ1n) is 10.3. The van der Waals surface area contributed by atoms with Crippen LogP contribution < -0.4 is 5.32 Å². The highest BCUT2D eigenvalue weighted by Crippen LogP contribution is 2.27. The van der Waals surface area contributed by atoms with Crippen molar-refractivity contribution >= 4 is 17.0 Å². The number of aromatic nitrogens is 4. The number of nitrogens with zero attached hydrogens (tertiary/aromatic N) is 4. The fourth-order valence-corrected chi connectivity index (χ4v) is 3.76. The molecule has 0 bridgehead atoms. The van der Waals surface area contributed by atoms with Crippen LogP contribution in [0.3, 0.4) is 0 Å². The van der Waals surface area contributed by atoms with Crippen molar-refractivity contribution in [1.29, 1.82) is 0 Å². The van der Waals surface area contributed by atoms with Gasteiger partial charge in [-0.3, -0.25) is 4.79 Å². The Hall–Kier alpha value is -4.26. The summed E-state index contributed by atoms with van der Waals surface area (Å²) in [5, 5.41) is 7.72. The van der Waals surface area contributed by atoms with Gasteiger partial charge in [0, 0.05) is 31.0 Å². The minimum atomic E-state index is -0.196. The number of imidazole rings is 1. The Morgan fingerprint density at radius 2 is 1.84 bits per heavy atom. The van der Waals surface area contributed by atoms with E-state index in [4.69, 9.17) is 4.52 Å². The quantitative estimate of drug-likeness (QED) is 0.438. The maximum absolute atomic E-state index is 13.3. The van der Waals surface area contributed by atoms with E-state index in [1.54, 1.807) is 18.6 Å². The fourth-order valence-electron chi connectivity index (χ4n) is 3.76. The molecule has 0 saturated carbocycles. The predicted octanol–water partition coefficient (Wildman–Crippen LogP) is 4.37. The highest BCUT2D eigenvalue weighted by Gasteiger charge is 2.19. The molecule has 3 heterocycles. The molecular weight excluding hydrogens is 402 g/mol. The lowest BCUT2D eigenvalue weighted by molar-refractivity contribution is 0.0952. The third kappa shape index (κ3) is 3.88. The molecule has 7 nitrogen and oxygen atoms in total. The molecule has 3 aromatic heterocycles. The number of hydrogen-bond acceptors (Lipinski definition) is 5. The van der Waals surface area contributed by atoms with Crippen LogP contribution in [0.5, 0.6) is 0 Å². The molecule has 1 N–H and O–H groups in total. The summed E-state index contributed by atoms with van der Waals surface area (Å²) in [6, 6.07) is 19.6. The van der Waals surface area contributed by atoms with Crippen LogP contribution in [0.25, 0.3) is 22.4 Å². The molecule has 0 aliphatic carbocycles. The molecule has 0 fully saturated rings. The third-order valence-corrected chi connectivity index (χ3v) is 5.40. The molecular formula is C25H21N5O2. The zero-order valence-electron chi connectivity index (χ0n) is 17.5. The third-order valence-electron chi connectivity index (χ3n) is 5.40. The molecule has 5 rings (SSSR count). The van der Waals surface area contributed by atoms with Crippen LogP contribution in [0.15, 0.2) is 83.9 Å². The molecule has 0 saturated heterocycles. The Morgan fingerprint density at radius 1 is 1.06 bits per heavy atom. The predicted molar refractivity (Wildman–Crippen MR) is 121 cm³/mol. The minimum Gasteiger partial charge on any atom is -0.348 e. The second-order valence-electron chi connectivity index (χ2n) is 7.56. The van der Waals surface area contributed by atoms with Crippen molar-refractivity contribution in [1.82, 2.24) is 25.0 Å². The van der Waals surface area contributed by atoms with Gasteiger partial charge in [-0.1, -0.05) is 59.8 Å². The van der Waals surface area contributed by atoms with Crippen LogP contribution in [0.2, 0.25) is 0 Å². The van der Waals surface area contributed by atoms with E-state index >= 15 is 0 Å². The number of nitrogens with one attached hydrogen (secondary N) is 1. The van der Waals surface area contributed by atoms with Crippen LogP contribution in [0.4, 0.5) is 0 Å². The van der Waals surface area contributed by atoms with E-state index in [0.29, 0.717) is 41.1 Å². The van der Waals surface area contributed by atoms with Crippen molar-refractivity contribution in [2.75, 3.05) is 0 Å². The zero-order valence-corrected chi connectivity index (χ0v) is 17.5. The molecule has 158 valence electrons. The van der Waals surface area contributed by atoms with Crippen molar-refractivity contribution in [2.45, 2.75) is 20.0 Å². The Balaban J connectivity index is 1.44. The second-order valence-corrected chi connectivity index (χ2v) is 7.56. The number of hydrogen-bond donors (Lipinski definition) is 1. The summed E-state index contributed by atoms with van der Waals surface area (Å²) in [5.74, 6) is -0.196. The Bertz CT molecular complexity index is 1370. The lowest BCUT2D eigenvalue weighted by atomic mass is 10.0. The summed E-state index contributed by atoms with van der Waals surface area (Å²) in [7, 11) is 0. The van der Waals surface area contributed by atoms with Crippen LogP contribution >= 0.6 is 0 Å². The number of fused-ring (bicyclic) bond motifs is 1. The number of benzene rings is 2. The normalized spacial score (nSPS) is 11.0. The van der Waals surface area contributed by atoms with Gasteiger partial charge in [0.15, 0.2) is 0 Å². The minimum absolute atomic E-state index is 0.196. The molecule has 7 heteroatoms. The first-order chi connectivity index (χ1) is 15.7. The maximum atomic E-state index is 13.3. The van der Waals surface area contributed by atoms with E-state index in [9.17, 15) is 4.79 Å². The van der Waals surface area contributed by atoms with Crippen molar-refractivity contribution in [3.05, 3.63) is 102 Å². The summed E-state index contributed by atoms with van der Waals surface area (Å²) >= 11 is 0. The van der Waals surface area contributed by atoms with Gasteiger partial charge in [0.1, 0.15) is 0 Å². The molecule has 0 spiro atoms. The van der Waals surface area contributed by atoms with Gasteiger partial charge in [-0.25, -0.2) is 9.97 Å². The van der Waals surface area contributed by atoms with Gasteiger partial charge in [-0.2, -0.15) is 0 Å². The maximum Gasteiger partial charge on any atom is 0.259 e. The van der Waals surface area contributed by atoms with Crippen molar-refractivity contribution < 1.29 is 9.32 Å². The molecule has 2 aromatic carbocycles. The topological polar surface area (TPSA) is 85.8 Å².